The Labute approximate surface area is 105 Å². The summed E-state index contributed by atoms with van der Waals surface area (Å²) in [4.78, 5) is 24.4. The minimum atomic E-state index is -0.975. The van der Waals surface area contributed by atoms with Crippen LogP contribution in [0, 0.1) is 12.3 Å². The first kappa shape index (κ1) is 13.7. The normalized spacial score (nSPS) is 25.1. The number of hydrogen-bond donors (Lipinski definition) is 2. The minimum Gasteiger partial charge on any atom is -0.480 e. The quantitative estimate of drug-likeness (QED) is 0.738. The van der Waals surface area contributed by atoms with Crippen LogP contribution >= 0.6 is 11.8 Å². The lowest BCUT2D eigenvalue weighted by Gasteiger charge is -2.27. The smallest absolute Gasteiger partial charge is 0.327 e. The van der Waals surface area contributed by atoms with Crippen LogP contribution in [0.4, 0.5) is 4.79 Å². The number of nitrogens with zero attached hydrogens (tertiary/aromatic N) is 1. The number of amides is 2. The first-order chi connectivity index (χ1) is 8.01. The Kier molecular flexibility index (Phi) is 4.70. The molecule has 0 spiro atoms. The molecule has 1 rings (SSSR count). The van der Waals surface area contributed by atoms with E-state index in [9.17, 15) is 9.59 Å². The van der Waals surface area contributed by atoms with Gasteiger partial charge in [-0.2, -0.15) is 0 Å². The van der Waals surface area contributed by atoms with E-state index in [1.807, 2.05) is 6.92 Å². The second-order valence-electron chi connectivity index (χ2n) is 3.80. The average molecular weight is 256 g/mol. The number of carboxylic acids is 1. The van der Waals surface area contributed by atoms with Gasteiger partial charge >= 0.3 is 12.0 Å². The first-order valence-electron chi connectivity index (χ1n) is 5.40. The molecule has 1 fully saturated rings. The lowest BCUT2D eigenvalue weighted by Crippen LogP contribution is -2.51. The van der Waals surface area contributed by atoms with Gasteiger partial charge in [0, 0.05) is 5.75 Å². The van der Waals surface area contributed by atoms with Gasteiger partial charge in [-0.15, -0.1) is 18.2 Å². The Bertz CT molecular complexity index is 353. The summed E-state index contributed by atoms with van der Waals surface area (Å²) in [6.07, 6.45) is 5.89. The molecule has 0 radical (unpaired) electrons. The summed E-state index contributed by atoms with van der Waals surface area (Å²) >= 11 is 1.48. The van der Waals surface area contributed by atoms with Crippen LogP contribution in [0.1, 0.15) is 20.3 Å². The van der Waals surface area contributed by atoms with Crippen molar-refractivity contribution in [3.8, 4) is 12.3 Å². The van der Waals surface area contributed by atoms with Crippen molar-refractivity contribution in [2.45, 2.75) is 37.7 Å². The number of carboxylic acid groups (broad SMARTS) is 1. The predicted octanol–water partition coefficient (Wildman–Crippen LogP) is 0.956. The van der Waals surface area contributed by atoms with Crippen molar-refractivity contribution in [1.82, 2.24) is 10.2 Å². The minimum absolute atomic E-state index is 0.0962. The Balaban J connectivity index is 2.78. The van der Waals surface area contributed by atoms with E-state index in [-0.39, 0.29) is 5.37 Å². The zero-order valence-electron chi connectivity index (χ0n) is 9.84. The number of carbonyl (C=O) groups is 2. The van der Waals surface area contributed by atoms with Crippen molar-refractivity contribution in [3.05, 3.63) is 0 Å². The number of carbonyl (C=O) groups excluding carboxylic acids is 1. The van der Waals surface area contributed by atoms with E-state index in [0.717, 1.165) is 0 Å². The van der Waals surface area contributed by atoms with Gasteiger partial charge in [-0.05, 0) is 13.3 Å². The number of urea groups is 1. The van der Waals surface area contributed by atoms with Gasteiger partial charge in [-0.1, -0.05) is 12.8 Å². The maximum Gasteiger partial charge on any atom is 0.327 e. The number of rotatable bonds is 3. The summed E-state index contributed by atoms with van der Waals surface area (Å²) in [5.74, 6) is 1.83. The SMILES string of the molecule is C#CC(C)NC(=O)N1C(CC)SCC1C(=O)O. The zero-order chi connectivity index (χ0) is 13.0. The van der Waals surface area contributed by atoms with E-state index in [1.54, 1.807) is 6.92 Å². The second-order valence-corrected chi connectivity index (χ2v) is 5.01. The molecule has 5 nitrogen and oxygen atoms in total. The molecule has 0 aromatic rings. The van der Waals surface area contributed by atoms with Gasteiger partial charge in [-0.3, -0.25) is 4.90 Å². The van der Waals surface area contributed by atoms with Gasteiger partial charge in [0.05, 0.1) is 11.4 Å². The molecule has 17 heavy (non-hydrogen) atoms. The third-order valence-electron chi connectivity index (χ3n) is 2.55. The number of nitrogens with one attached hydrogen (secondary N) is 1. The van der Waals surface area contributed by atoms with Crippen molar-refractivity contribution in [1.29, 1.82) is 0 Å². The fourth-order valence-corrected chi connectivity index (χ4v) is 2.99. The van der Waals surface area contributed by atoms with Gasteiger partial charge in [-0.25, -0.2) is 9.59 Å². The molecule has 0 aromatic carbocycles. The molecular formula is C11H16N2O3S. The van der Waals surface area contributed by atoms with Gasteiger partial charge in [0.2, 0.25) is 0 Å². The predicted molar refractivity (Wildman–Crippen MR) is 66.6 cm³/mol. The highest BCUT2D eigenvalue weighted by Gasteiger charge is 2.40. The summed E-state index contributed by atoms with van der Waals surface area (Å²) in [7, 11) is 0. The molecular weight excluding hydrogens is 240 g/mol. The van der Waals surface area contributed by atoms with E-state index in [1.165, 1.54) is 16.7 Å². The van der Waals surface area contributed by atoms with E-state index >= 15 is 0 Å². The molecule has 94 valence electrons. The first-order valence-corrected chi connectivity index (χ1v) is 6.45. The number of hydrogen-bond acceptors (Lipinski definition) is 3. The van der Waals surface area contributed by atoms with Crippen molar-refractivity contribution in [2.75, 3.05) is 5.75 Å². The van der Waals surface area contributed by atoms with Crippen molar-refractivity contribution >= 4 is 23.8 Å². The van der Waals surface area contributed by atoms with Crippen molar-refractivity contribution < 1.29 is 14.7 Å². The van der Waals surface area contributed by atoms with Gasteiger partial charge < -0.3 is 10.4 Å². The highest BCUT2D eigenvalue weighted by molar-refractivity contribution is 8.00. The molecule has 0 saturated carbocycles. The van der Waals surface area contributed by atoms with Crippen LogP contribution in [0.5, 0.6) is 0 Å². The third-order valence-corrected chi connectivity index (χ3v) is 4.00. The van der Waals surface area contributed by atoms with Crippen LogP contribution in [0.2, 0.25) is 0 Å². The Morgan fingerprint density at radius 3 is 2.82 bits per heavy atom. The van der Waals surface area contributed by atoms with Crippen molar-refractivity contribution in [2.24, 2.45) is 0 Å². The Hall–Kier alpha value is -1.35. The molecule has 2 N–H and O–H groups in total. The monoisotopic (exact) mass is 256 g/mol. The fraction of sp³-hybridized carbons (Fsp3) is 0.636. The van der Waals surface area contributed by atoms with Gasteiger partial charge in [0.25, 0.3) is 0 Å². The van der Waals surface area contributed by atoms with Gasteiger partial charge in [0.1, 0.15) is 6.04 Å². The number of terminal acetylenes is 1. The fourth-order valence-electron chi connectivity index (χ4n) is 1.64. The van der Waals surface area contributed by atoms with Crippen LogP contribution in [0.25, 0.3) is 0 Å². The Morgan fingerprint density at radius 1 is 1.71 bits per heavy atom. The standard InChI is InChI=1S/C11H16N2O3S/c1-4-7(3)12-11(16)13-8(10(14)15)6-17-9(13)5-2/h1,7-9H,5-6H2,2-3H3,(H,12,16)(H,14,15). The maximum atomic E-state index is 11.9. The molecule has 1 heterocycles. The largest absolute Gasteiger partial charge is 0.480 e. The molecule has 0 aromatic heterocycles. The molecule has 1 saturated heterocycles. The summed E-state index contributed by atoms with van der Waals surface area (Å²) < 4.78 is 0. The summed E-state index contributed by atoms with van der Waals surface area (Å²) in [6.45, 7) is 3.60. The third kappa shape index (κ3) is 3.07. The second kappa shape index (κ2) is 5.82. The number of aliphatic carboxylic acids is 1. The molecule has 1 aliphatic heterocycles. The van der Waals surface area contributed by atoms with Crippen LogP contribution in [-0.2, 0) is 4.79 Å². The van der Waals surface area contributed by atoms with E-state index in [0.29, 0.717) is 12.2 Å². The summed E-state index contributed by atoms with van der Waals surface area (Å²) in [5, 5.41) is 11.6. The molecule has 1 aliphatic rings. The van der Waals surface area contributed by atoms with E-state index in [4.69, 9.17) is 11.5 Å². The Morgan fingerprint density at radius 2 is 2.35 bits per heavy atom. The molecule has 0 aliphatic carbocycles. The molecule has 3 atom stereocenters. The molecule has 2 amide bonds. The highest BCUT2D eigenvalue weighted by atomic mass is 32.2. The molecule has 6 heteroatoms. The summed E-state index contributed by atoms with van der Waals surface area (Å²) in [6, 6.07) is -1.57. The average Bonchev–Trinajstić information content (AvgIpc) is 2.72. The maximum absolute atomic E-state index is 11.9. The van der Waals surface area contributed by atoms with Crippen molar-refractivity contribution in [3.63, 3.8) is 0 Å². The van der Waals surface area contributed by atoms with E-state index < -0.39 is 24.1 Å². The zero-order valence-corrected chi connectivity index (χ0v) is 10.7. The van der Waals surface area contributed by atoms with E-state index in [2.05, 4.69) is 11.2 Å². The lowest BCUT2D eigenvalue weighted by atomic mass is 10.2. The highest BCUT2D eigenvalue weighted by Crippen LogP contribution is 2.31. The topological polar surface area (TPSA) is 69.6 Å². The van der Waals surface area contributed by atoms with Gasteiger partial charge in [0.15, 0.2) is 0 Å². The summed E-state index contributed by atoms with van der Waals surface area (Å²) in [5.41, 5.74) is 0. The number of thioether (sulfide) groups is 1. The molecule has 3 unspecified atom stereocenters. The van der Waals surface area contributed by atoms with Crippen LogP contribution in [-0.4, -0.2) is 45.2 Å². The lowest BCUT2D eigenvalue weighted by molar-refractivity contribution is -0.141. The van der Waals surface area contributed by atoms with Crippen LogP contribution in [0.15, 0.2) is 0 Å². The van der Waals surface area contributed by atoms with Crippen LogP contribution in [0.3, 0.4) is 0 Å². The van der Waals surface area contributed by atoms with Crippen LogP contribution < -0.4 is 5.32 Å². The molecule has 0 bridgehead atoms.